The van der Waals surface area contributed by atoms with Crippen molar-refractivity contribution in [2.45, 2.75) is 104 Å². The highest BCUT2D eigenvalue weighted by Crippen LogP contribution is 2.65. The molecule has 4 aliphatic rings. The van der Waals surface area contributed by atoms with Crippen molar-refractivity contribution in [1.82, 2.24) is 0 Å². The number of fused-ring (bicyclic) bond motifs is 5. The van der Waals surface area contributed by atoms with Gasteiger partial charge in [0.25, 0.3) is 0 Å². The molecule has 0 aromatic carbocycles. The maximum atomic E-state index is 12.7. The third kappa shape index (κ3) is 3.31. The van der Waals surface area contributed by atoms with Crippen LogP contribution in [-0.4, -0.2) is 26.5 Å². The summed E-state index contributed by atoms with van der Waals surface area (Å²) in [4.78, 5) is 25.1. The molecule has 6 unspecified atom stereocenters. The van der Waals surface area contributed by atoms with E-state index in [-0.39, 0.29) is 15.9 Å². The number of hydrogen-bond acceptors (Lipinski definition) is 3. The van der Waals surface area contributed by atoms with E-state index >= 15 is 0 Å². The Balaban J connectivity index is 1.64. The molecule has 0 N–H and O–H groups in total. The van der Waals surface area contributed by atoms with Gasteiger partial charge in [0, 0.05) is 31.3 Å². The molecule has 0 aromatic rings. The van der Waals surface area contributed by atoms with Crippen molar-refractivity contribution in [3.8, 4) is 0 Å². The monoisotopic (exact) mass is 418 g/mol. The largest absolute Gasteiger partial charge is 0.416 e. The lowest BCUT2D eigenvalue weighted by molar-refractivity contribution is -0.153. The molecule has 4 aliphatic carbocycles. The lowest BCUT2D eigenvalue weighted by atomic mass is 9.45. The Kier molecular flexibility index (Phi) is 5.26. The highest BCUT2D eigenvalue weighted by molar-refractivity contribution is 6.74. The number of carbonyl (C=O) groups is 2. The summed E-state index contributed by atoms with van der Waals surface area (Å²) in [5, 5.41) is 0.209. The first-order chi connectivity index (χ1) is 13.4. The first-order valence-electron chi connectivity index (χ1n) is 12.1. The van der Waals surface area contributed by atoms with E-state index in [1.807, 2.05) is 0 Å². The molecule has 6 atom stereocenters. The smallest absolute Gasteiger partial charge is 0.192 e. The number of Topliss-reactive ketones (excluding diaryl/α,β-unsaturated/α-hetero) is 2. The van der Waals surface area contributed by atoms with Crippen molar-refractivity contribution in [2.75, 3.05) is 6.61 Å². The van der Waals surface area contributed by atoms with Crippen molar-refractivity contribution in [3.63, 3.8) is 0 Å². The molecule has 0 spiro atoms. The molecule has 4 saturated carbocycles. The standard InChI is InChI=1S/C25H42O3Si/c1-23(2,3)29(5,6)28-16-25-14-11-18(26)15-17(25)7-8-19-20-9-10-22(27)24(20,4)13-12-21(19)25/h17,19-21H,7-16H2,1-6H3. The zero-order valence-corrected chi connectivity index (χ0v) is 20.6. The third-order valence-electron chi connectivity index (χ3n) is 10.4. The fourth-order valence-electron chi connectivity index (χ4n) is 7.43. The maximum absolute atomic E-state index is 12.7. The topological polar surface area (TPSA) is 43.4 Å². The van der Waals surface area contributed by atoms with E-state index in [0.29, 0.717) is 35.2 Å². The lowest BCUT2D eigenvalue weighted by Gasteiger charge is -2.61. The third-order valence-corrected chi connectivity index (χ3v) is 14.9. The molecule has 0 radical (unpaired) electrons. The first-order valence-corrected chi connectivity index (χ1v) is 15.0. The minimum Gasteiger partial charge on any atom is -0.416 e. The molecule has 0 heterocycles. The van der Waals surface area contributed by atoms with Crippen LogP contribution in [0, 0.1) is 34.5 Å². The van der Waals surface area contributed by atoms with Gasteiger partial charge in [-0.2, -0.15) is 0 Å². The van der Waals surface area contributed by atoms with Gasteiger partial charge in [0.2, 0.25) is 0 Å². The first kappa shape index (κ1) is 21.7. The molecule has 0 aliphatic heterocycles. The second-order valence-corrected chi connectivity index (χ2v) is 17.4. The van der Waals surface area contributed by atoms with E-state index in [1.165, 1.54) is 6.42 Å². The van der Waals surface area contributed by atoms with Crippen LogP contribution in [-0.2, 0) is 14.0 Å². The van der Waals surface area contributed by atoms with Gasteiger partial charge >= 0.3 is 0 Å². The van der Waals surface area contributed by atoms with Gasteiger partial charge in [-0.25, -0.2) is 0 Å². The molecule has 0 bridgehead atoms. The van der Waals surface area contributed by atoms with Crippen LogP contribution < -0.4 is 0 Å². The van der Waals surface area contributed by atoms with Gasteiger partial charge in [0.05, 0.1) is 0 Å². The van der Waals surface area contributed by atoms with E-state index in [4.69, 9.17) is 4.43 Å². The Morgan fingerprint density at radius 1 is 1.00 bits per heavy atom. The molecule has 164 valence electrons. The molecular formula is C25H42O3Si. The van der Waals surface area contributed by atoms with Crippen molar-refractivity contribution >= 4 is 19.9 Å². The van der Waals surface area contributed by atoms with Gasteiger partial charge < -0.3 is 4.43 Å². The van der Waals surface area contributed by atoms with Gasteiger partial charge in [-0.1, -0.05) is 27.7 Å². The van der Waals surface area contributed by atoms with Crippen LogP contribution in [0.1, 0.15) is 85.5 Å². The van der Waals surface area contributed by atoms with Crippen LogP contribution in [0.4, 0.5) is 0 Å². The Morgan fingerprint density at radius 3 is 2.41 bits per heavy atom. The van der Waals surface area contributed by atoms with Crippen LogP contribution in [0.25, 0.3) is 0 Å². The Hall–Kier alpha value is -0.483. The predicted molar refractivity (Wildman–Crippen MR) is 119 cm³/mol. The SMILES string of the molecule is CC12CCC3C(CCC4CC(=O)CCC43CO[Si](C)(C)C(C)(C)C)C1CCC2=O. The second kappa shape index (κ2) is 7.02. The Bertz CT molecular complexity index is 693. The van der Waals surface area contributed by atoms with Gasteiger partial charge in [0.1, 0.15) is 11.6 Å². The number of hydrogen-bond donors (Lipinski definition) is 0. The fourth-order valence-corrected chi connectivity index (χ4v) is 8.49. The summed E-state index contributed by atoms with van der Waals surface area (Å²) in [5.41, 5.74) is 0.0965. The summed E-state index contributed by atoms with van der Waals surface area (Å²) >= 11 is 0. The van der Waals surface area contributed by atoms with E-state index in [9.17, 15) is 9.59 Å². The van der Waals surface area contributed by atoms with Gasteiger partial charge in [-0.15, -0.1) is 0 Å². The average molecular weight is 419 g/mol. The van der Waals surface area contributed by atoms with Crippen LogP contribution in [0.15, 0.2) is 0 Å². The summed E-state index contributed by atoms with van der Waals surface area (Å²) in [6.45, 7) is 14.8. The van der Waals surface area contributed by atoms with Gasteiger partial charge in [-0.3, -0.25) is 9.59 Å². The maximum Gasteiger partial charge on any atom is 0.192 e. The van der Waals surface area contributed by atoms with Crippen LogP contribution in [0.5, 0.6) is 0 Å². The molecular weight excluding hydrogens is 376 g/mol. The lowest BCUT2D eigenvalue weighted by Crippen LogP contribution is -2.58. The molecule has 0 amide bonds. The average Bonchev–Trinajstić information content (AvgIpc) is 2.94. The van der Waals surface area contributed by atoms with Crippen LogP contribution in [0.3, 0.4) is 0 Å². The van der Waals surface area contributed by atoms with Gasteiger partial charge in [-0.05, 0) is 85.7 Å². The number of rotatable bonds is 3. The minimum atomic E-state index is -1.84. The molecule has 4 fully saturated rings. The van der Waals surface area contributed by atoms with E-state index in [2.05, 4.69) is 40.8 Å². The van der Waals surface area contributed by atoms with Crippen molar-refractivity contribution < 1.29 is 14.0 Å². The van der Waals surface area contributed by atoms with E-state index in [0.717, 1.165) is 58.0 Å². The summed E-state index contributed by atoms with van der Waals surface area (Å²) in [5.74, 6) is 3.35. The number of carbonyl (C=O) groups excluding carboxylic acids is 2. The molecule has 4 rings (SSSR count). The Morgan fingerprint density at radius 2 is 1.72 bits per heavy atom. The van der Waals surface area contributed by atoms with Crippen molar-refractivity contribution in [1.29, 1.82) is 0 Å². The zero-order chi connectivity index (χ0) is 21.2. The Labute approximate surface area is 178 Å². The zero-order valence-electron chi connectivity index (χ0n) is 19.6. The molecule has 3 nitrogen and oxygen atoms in total. The van der Waals surface area contributed by atoms with E-state index in [1.54, 1.807) is 0 Å². The molecule has 29 heavy (non-hydrogen) atoms. The predicted octanol–water partition coefficient (Wildman–Crippen LogP) is 6.17. The second-order valence-electron chi connectivity index (χ2n) is 12.6. The summed E-state index contributed by atoms with van der Waals surface area (Å²) in [6.07, 6.45) is 9.01. The normalized spacial score (nSPS) is 43.0. The molecule has 0 saturated heterocycles. The van der Waals surface area contributed by atoms with Crippen molar-refractivity contribution in [3.05, 3.63) is 0 Å². The van der Waals surface area contributed by atoms with E-state index < -0.39 is 8.32 Å². The summed E-state index contributed by atoms with van der Waals surface area (Å²) in [6, 6.07) is 0. The van der Waals surface area contributed by atoms with Crippen LogP contribution in [0.2, 0.25) is 18.1 Å². The molecule has 4 heteroatoms. The van der Waals surface area contributed by atoms with Crippen molar-refractivity contribution in [2.24, 2.45) is 34.5 Å². The molecule has 0 aromatic heterocycles. The highest BCUT2D eigenvalue weighted by Gasteiger charge is 2.62. The summed E-state index contributed by atoms with van der Waals surface area (Å²) in [7, 11) is -1.84. The van der Waals surface area contributed by atoms with Crippen LogP contribution >= 0.6 is 0 Å². The number of ketones is 2. The van der Waals surface area contributed by atoms with Gasteiger partial charge in [0.15, 0.2) is 8.32 Å². The minimum absolute atomic E-state index is 0.0695. The fraction of sp³-hybridized carbons (Fsp3) is 0.920. The quantitative estimate of drug-likeness (QED) is 0.515. The summed E-state index contributed by atoms with van der Waals surface area (Å²) < 4.78 is 6.90. The highest BCUT2D eigenvalue weighted by atomic mass is 28.4.